The normalized spacial score (nSPS) is 26.9. The predicted molar refractivity (Wildman–Crippen MR) is 88.1 cm³/mol. The quantitative estimate of drug-likeness (QED) is 0.482. The van der Waals surface area contributed by atoms with Crippen LogP contribution in [0.15, 0.2) is 48.5 Å². The average Bonchev–Trinajstić information content (AvgIpc) is 3.10. The monoisotopic (exact) mass is 323 g/mol. The van der Waals surface area contributed by atoms with Crippen molar-refractivity contribution < 1.29 is 14.5 Å². The molecule has 24 heavy (non-hydrogen) atoms. The molecule has 0 radical (unpaired) electrons. The summed E-state index contributed by atoms with van der Waals surface area (Å²) in [6, 6.07) is 13.9. The number of carbonyl (C=O) groups excluding carboxylic acids is 1. The minimum Gasteiger partial charge on any atom is -0.455 e. The van der Waals surface area contributed by atoms with Crippen molar-refractivity contribution in [1.82, 2.24) is 0 Å². The molecule has 0 amide bonds. The van der Waals surface area contributed by atoms with Crippen LogP contribution in [0.1, 0.15) is 53.1 Å². The maximum Gasteiger partial charge on any atom is 0.338 e. The summed E-state index contributed by atoms with van der Waals surface area (Å²) in [7, 11) is 0. The number of non-ortho nitro benzene ring substituents is 1. The number of benzene rings is 2. The summed E-state index contributed by atoms with van der Waals surface area (Å²) in [6.07, 6.45) is 1.84. The Morgan fingerprint density at radius 2 is 1.83 bits per heavy atom. The summed E-state index contributed by atoms with van der Waals surface area (Å²) in [4.78, 5) is 22.7. The highest BCUT2D eigenvalue weighted by atomic mass is 16.6. The molecule has 3 atom stereocenters. The topological polar surface area (TPSA) is 69.4 Å². The molecule has 5 nitrogen and oxygen atoms in total. The van der Waals surface area contributed by atoms with Crippen LogP contribution in [0.2, 0.25) is 0 Å². The van der Waals surface area contributed by atoms with Gasteiger partial charge in [0.15, 0.2) is 0 Å². The number of nitro benzene ring substituents is 1. The summed E-state index contributed by atoms with van der Waals surface area (Å²) in [6.45, 7) is 2.00. The number of esters is 1. The van der Waals surface area contributed by atoms with Crippen molar-refractivity contribution in [3.05, 3.63) is 75.3 Å². The van der Waals surface area contributed by atoms with Crippen LogP contribution in [0, 0.1) is 10.1 Å². The van der Waals surface area contributed by atoms with E-state index in [0.29, 0.717) is 11.5 Å². The van der Waals surface area contributed by atoms with Crippen molar-refractivity contribution >= 4 is 11.7 Å². The first kappa shape index (κ1) is 14.9. The molecule has 0 heterocycles. The summed E-state index contributed by atoms with van der Waals surface area (Å²) in [5, 5.41) is 10.7. The molecule has 1 fully saturated rings. The van der Waals surface area contributed by atoms with E-state index in [2.05, 4.69) is 18.2 Å². The highest BCUT2D eigenvalue weighted by Crippen LogP contribution is 2.59. The summed E-state index contributed by atoms with van der Waals surface area (Å²) in [5.74, 6) is 0.249. The maximum atomic E-state index is 12.5. The number of hydrogen-bond acceptors (Lipinski definition) is 4. The van der Waals surface area contributed by atoms with Crippen LogP contribution in [0.25, 0.3) is 0 Å². The van der Waals surface area contributed by atoms with Crippen molar-refractivity contribution in [2.45, 2.75) is 37.2 Å². The molecule has 0 N–H and O–H groups in total. The van der Waals surface area contributed by atoms with E-state index < -0.39 is 16.5 Å². The highest BCUT2D eigenvalue weighted by molar-refractivity contribution is 5.90. The molecule has 2 aromatic carbocycles. The average molecular weight is 323 g/mol. The van der Waals surface area contributed by atoms with E-state index in [0.717, 1.165) is 12.8 Å². The fourth-order valence-electron chi connectivity index (χ4n) is 4.24. The predicted octanol–water partition coefficient (Wildman–Crippen LogP) is 4.19. The number of hydrogen-bond donors (Lipinski definition) is 0. The first-order valence-corrected chi connectivity index (χ1v) is 8.04. The lowest BCUT2D eigenvalue weighted by atomic mass is 9.81. The SMILES string of the molecule is C[C@]1(OC(=O)c2ccc([N+](=O)[O-])cc2)C[C@H]2C[C@@H]1c1ccccc12. The number of carbonyl (C=O) groups is 1. The molecule has 122 valence electrons. The van der Waals surface area contributed by atoms with Gasteiger partial charge in [-0.05, 0) is 48.9 Å². The van der Waals surface area contributed by atoms with Gasteiger partial charge in [0.25, 0.3) is 5.69 Å². The van der Waals surface area contributed by atoms with Gasteiger partial charge in [0, 0.05) is 18.1 Å². The van der Waals surface area contributed by atoms with E-state index in [9.17, 15) is 14.9 Å². The number of fused-ring (bicyclic) bond motifs is 5. The van der Waals surface area contributed by atoms with Crippen molar-refractivity contribution in [3.63, 3.8) is 0 Å². The summed E-state index contributed by atoms with van der Waals surface area (Å²) >= 11 is 0. The zero-order valence-electron chi connectivity index (χ0n) is 13.3. The summed E-state index contributed by atoms with van der Waals surface area (Å²) < 4.78 is 5.87. The molecule has 0 spiro atoms. The Morgan fingerprint density at radius 3 is 2.50 bits per heavy atom. The van der Waals surface area contributed by atoms with Gasteiger partial charge in [0.1, 0.15) is 5.60 Å². The molecular weight excluding hydrogens is 306 g/mol. The van der Waals surface area contributed by atoms with Crippen LogP contribution in [-0.4, -0.2) is 16.5 Å². The van der Waals surface area contributed by atoms with Crippen molar-refractivity contribution in [2.75, 3.05) is 0 Å². The zero-order chi connectivity index (χ0) is 16.9. The molecule has 1 saturated carbocycles. The Kier molecular flexibility index (Phi) is 3.20. The van der Waals surface area contributed by atoms with E-state index in [1.54, 1.807) is 0 Å². The van der Waals surface area contributed by atoms with Gasteiger partial charge in [-0.3, -0.25) is 10.1 Å². The van der Waals surface area contributed by atoms with Gasteiger partial charge in [-0.2, -0.15) is 0 Å². The number of nitro groups is 1. The van der Waals surface area contributed by atoms with Crippen LogP contribution < -0.4 is 0 Å². The molecule has 0 aliphatic heterocycles. The molecule has 0 unspecified atom stereocenters. The molecule has 0 aromatic heterocycles. The third-order valence-corrected chi connectivity index (χ3v) is 5.36. The first-order chi connectivity index (χ1) is 11.5. The second kappa shape index (κ2) is 5.16. The second-order valence-corrected chi connectivity index (χ2v) is 6.82. The maximum absolute atomic E-state index is 12.5. The van der Waals surface area contributed by atoms with Crippen molar-refractivity contribution in [1.29, 1.82) is 0 Å². The molecule has 2 bridgehead atoms. The molecule has 2 aliphatic rings. The Hall–Kier alpha value is -2.69. The number of rotatable bonds is 3. The van der Waals surface area contributed by atoms with E-state index in [1.165, 1.54) is 35.4 Å². The largest absolute Gasteiger partial charge is 0.455 e. The third kappa shape index (κ3) is 2.19. The van der Waals surface area contributed by atoms with Gasteiger partial charge < -0.3 is 4.74 Å². The van der Waals surface area contributed by atoms with E-state index in [4.69, 9.17) is 4.74 Å². The van der Waals surface area contributed by atoms with Crippen LogP contribution in [0.5, 0.6) is 0 Å². The number of nitrogens with zero attached hydrogens (tertiary/aromatic N) is 1. The van der Waals surface area contributed by atoms with Crippen LogP contribution in [-0.2, 0) is 4.74 Å². The van der Waals surface area contributed by atoms with Crippen LogP contribution in [0.3, 0.4) is 0 Å². The Labute approximate surface area is 139 Å². The molecule has 0 saturated heterocycles. The fraction of sp³-hybridized carbons (Fsp3) is 0.316. The minimum atomic E-state index is -0.516. The van der Waals surface area contributed by atoms with Gasteiger partial charge in [-0.1, -0.05) is 24.3 Å². The first-order valence-electron chi connectivity index (χ1n) is 8.04. The second-order valence-electron chi connectivity index (χ2n) is 6.82. The third-order valence-electron chi connectivity index (χ3n) is 5.36. The van der Waals surface area contributed by atoms with Gasteiger partial charge in [-0.15, -0.1) is 0 Å². The highest BCUT2D eigenvalue weighted by Gasteiger charge is 2.53. The lowest BCUT2D eigenvalue weighted by molar-refractivity contribution is -0.384. The van der Waals surface area contributed by atoms with Gasteiger partial charge in [0.05, 0.1) is 10.5 Å². The molecule has 2 aromatic rings. The van der Waals surface area contributed by atoms with Crippen LogP contribution in [0.4, 0.5) is 5.69 Å². The van der Waals surface area contributed by atoms with E-state index in [1.807, 2.05) is 13.0 Å². The molecule has 5 heteroatoms. The Morgan fingerprint density at radius 1 is 1.17 bits per heavy atom. The van der Waals surface area contributed by atoms with Gasteiger partial charge >= 0.3 is 5.97 Å². The van der Waals surface area contributed by atoms with Crippen molar-refractivity contribution in [2.24, 2.45) is 0 Å². The zero-order valence-corrected chi connectivity index (χ0v) is 13.3. The van der Waals surface area contributed by atoms with Crippen molar-refractivity contribution in [3.8, 4) is 0 Å². The number of ether oxygens (including phenoxy) is 1. The smallest absolute Gasteiger partial charge is 0.338 e. The minimum absolute atomic E-state index is 0.0355. The van der Waals surface area contributed by atoms with Crippen LogP contribution >= 0.6 is 0 Å². The Bertz CT molecular complexity index is 830. The summed E-state index contributed by atoms with van der Waals surface area (Å²) in [5.41, 5.74) is 2.46. The Balaban J connectivity index is 1.56. The lowest BCUT2D eigenvalue weighted by Gasteiger charge is -2.35. The fourth-order valence-corrected chi connectivity index (χ4v) is 4.24. The molecule has 4 rings (SSSR count). The lowest BCUT2D eigenvalue weighted by Crippen LogP contribution is -2.36. The van der Waals surface area contributed by atoms with E-state index >= 15 is 0 Å². The molecular formula is C19H17NO4. The van der Waals surface area contributed by atoms with Gasteiger partial charge in [0.2, 0.25) is 0 Å². The van der Waals surface area contributed by atoms with Gasteiger partial charge in [-0.25, -0.2) is 4.79 Å². The standard InChI is InChI=1S/C19H17NO4/c1-19(11-13-10-17(19)16-5-3-2-4-15(13)16)24-18(21)12-6-8-14(9-7-12)20(22)23/h2-9,13,17H,10-11H2,1H3/t13-,17-,19+/m1/s1. The van der Waals surface area contributed by atoms with E-state index in [-0.39, 0.29) is 11.6 Å². The molecule has 2 aliphatic carbocycles.